The summed E-state index contributed by atoms with van der Waals surface area (Å²) in [7, 11) is 0. The molecule has 0 aliphatic heterocycles. The molecule has 0 bridgehead atoms. The van der Waals surface area contributed by atoms with E-state index in [-0.39, 0.29) is 5.92 Å². The Kier molecular flexibility index (Phi) is 6.13. The summed E-state index contributed by atoms with van der Waals surface area (Å²) in [6.45, 7) is 4.55. The van der Waals surface area contributed by atoms with Crippen LogP contribution in [-0.4, -0.2) is 21.6 Å². The summed E-state index contributed by atoms with van der Waals surface area (Å²) in [5.74, 6) is 1.31. The summed E-state index contributed by atoms with van der Waals surface area (Å²) in [5, 5.41) is 4.35. The minimum atomic E-state index is -0.0425. The fourth-order valence-electron chi connectivity index (χ4n) is 3.54. The molecule has 1 aromatic heterocycles. The summed E-state index contributed by atoms with van der Waals surface area (Å²) in [4.78, 5) is 7.07. The molecule has 0 radical (unpaired) electrons. The molecule has 0 atom stereocenters. The van der Waals surface area contributed by atoms with E-state index in [4.69, 9.17) is 9.51 Å². The molecule has 0 aliphatic carbocycles. The second kappa shape index (κ2) is 9.30. The van der Waals surface area contributed by atoms with Crippen LogP contribution >= 0.6 is 0 Å². The maximum absolute atomic E-state index is 5.66. The maximum atomic E-state index is 5.66. The van der Waals surface area contributed by atoms with Crippen molar-refractivity contribution < 1.29 is 4.52 Å². The van der Waals surface area contributed by atoms with Crippen LogP contribution in [0, 0.1) is 0 Å². The van der Waals surface area contributed by atoms with Gasteiger partial charge in [0.15, 0.2) is 5.82 Å². The number of aromatic nitrogens is 2. The monoisotopic (exact) mass is 383 g/mol. The first-order chi connectivity index (χ1) is 14.3. The van der Waals surface area contributed by atoms with Gasteiger partial charge < -0.3 is 4.52 Å². The first-order valence-electron chi connectivity index (χ1n) is 10.0. The lowest BCUT2D eigenvalue weighted by molar-refractivity contribution is 0.228. The van der Waals surface area contributed by atoms with E-state index in [1.807, 2.05) is 42.5 Å². The first kappa shape index (κ1) is 19.1. The van der Waals surface area contributed by atoms with Crippen LogP contribution < -0.4 is 0 Å². The van der Waals surface area contributed by atoms with Gasteiger partial charge in [0.1, 0.15) is 0 Å². The van der Waals surface area contributed by atoms with Gasteiger partial charge in [-0.3, -0.25) is 4.90 Å². The highest BCUT2D eigenvalue weighted by atomic mass is 16.5. The van der Waals surface area contributed by atoms with E-state index in [1.165, 1.54) is 5.56 Å². The van der Waals surface area contributed by atoms with Crippen molar-refractivity contribution in [3.63, 3.8) is 0 Å². The number of benzene rings is 3. The molecule has 4 nitrogen and oxygen atoms in total. The SMILES string of the molecule is CCN(Cc1ccccc1)Cc1nc(C(c2ccccc2)c2ccccc2)no1. The lowest BCUT2D eigenvalue weighted by Crippen LogP contribution is -2.22. The first-order valence-corrected chi connectivity index (χ1v) is 10.0. The Hall–Kier alpha value is -3.24. The molecule has 0 saturated heterocycles. The van der Waals surface area contributed by atoms with Crippen LogP contribution in [0.3, 0.4) is 0 Å². The predicted molar refractivity (Wildman–Crippen MR) is 114 cm³/mol. The van der Waals surface area contributed by atoms with E-state index in [0.717, 1.165) is 24.2 Å². The lowest BCUT2D eigenvalue weighted by atomic mass is 9.91. The van der Waals surface area contributed by atoms with E-state index in [0.29, 0.717) is 18.3 Å². The molecule has 1 heterocycles. The van der Waals surface area contributed by atoms with E-state index >= 15 is 0 Å². The molecule has 0 fully saturated rings. The van der Waals surface area contributed by atoms with Crippen LogP contribution in [0.1, 0.15) is 41.2 Å². The van der Waals surface area contributed by atoms with Gasteiger partial charge in [-0.2, -0.15) is 4.98 Å². The Morgan fingerprint density at radius 2 is 1.31 bits per heavy atom. The zero-order valence-corrected chi connectivity index (χ0v) is 16.6. The van der Waals surface area contributed by atoms with Crippen molar-refractivity contribution in [2.24, 2.45) is 0 Å². The Balaban J connectivity index is 1.57. The number of hydrogen-bond acceptors (Lipinski definition) is 4. The molecule has 29 heavy (non-hydrogen) atoms. The summed E-state index contributed by atoms with van der Waals surface area (Å²) < 4.78 is 5.66. The van der Waals surface area contributed by atoms with E-state index in [9.17, 15) is 0 Å². The van der Waals surface area contributed by atoms with Gasteiger partial charge in [0.25, 0.3) is 0 Å². The molecule has 0 unspecified atom stereocenters. The van der Waals surface area contributed by atoms with E-state index < -0.39 is 0 Å². The van der Waals surface area contributed by atoms with Crippen molar-refractivity contribution in [2.75, 3.05) is 6.54 Å². The van der Waals surface area contributed by atoms with Crippen LogP contribution in [0.5, 0.6) is 0 Å². The number of rotatable bonds is 8. The molecule has 3 aromatic carbocycles. The second-order valence-corrected chi connectivity index (χ2v) is 7.09. The third-order valence-corrected chi connectivity index (χ3v) is 5.06. The van der Waals surface area contributed by atoms with Gasteiger partial charge >= 0.3 is 0 Å². The Morgan fingerprint density at radius 3 is 1.86 bits per heavy atom. The van der Waals surface area contributed by atoms with Crippen molar-refractivity contribution in [3.05, 3.63) is 119 Å². The van der Waals surface area contributed by atoms with Crippen LogP contribution in [0.25, 0.3) is 0 Å². The molecule has 4 rings (SSSR count). The second-order valence-electron chi connectivity index (χ2n) is 7.09. The summed E-state index contributed by atoms with van der Waals surface area (Å²) in [6.07, 6.45) is 0. The molecule has 4 aromatic rings. The topological polar surface area (TPSA) is 42.2 Å². The third-order valence-electron chi connectivity index (χ3n) is 5.06. The van der Waals surface area contributed by atoms with Crippen LogP contribution in [0.15, 0.2) is 95.5 Å². The van der Waals surface area contributed by atoms with Crippen molar-refractivity contribution >= 4 is 0 Å². The summed E-state index contributed by atoms with van der Waals surface area (Å²) in [5.41, 5.74) is 3.59. The zero-order valence-electron chi connectivity index (χ0n) is 16.6. The molecular weight excluding hydrogens is 358 g/mol. The standard InChI is InChI=1S/C25H25N3O/c1-2-28(18-20-12-6-3-7-13-20)19-23-26-25(27-29-23)24(21-14-8-4-9-15-21)22-16-10-5-11-17-22/h3-17,24H,2,18-19H2,1H3. The number of hydrogen-bond donors (Lipinski definition) is 0. The van der Waals surface area contributed by atoms with Crippen molar-refractivity contribution in [1.82, 2.24) is 15.0 Å². The van der Waals surface area contributed by atoms with Crippen molar-refractivity contribution in [1.29, 1.82) is 0 Å². The number of nitrogens with zero attached hydrogens (tertiary/aromatic N) is 3. The Morgan fingerprint density at radius 1 is 0.759 bits per heavy atom. The lowest BCUT2D eigenvalue weighted by Gasteiger charge is -2.18. The highest BCUT2D eigenvalue weighted by Crippen LogP contribution is 2.30. The van der Waals surface area contributed by atoms with Crippen molar-refractivity contribution in [2.45, 2.75) is 25.9 Å². The van der Waals surface area contributed by atoms with Gasteiger partial charge in [0.05, 0.1) is 12.5 Å². The van der Waals surface area contributed by atoms with Gasteiger partial charge in [-0.15, -0.1) is 0 Å². The van der Waals surface area contributed by atoms with Crippen LogP contribution in [0.4, 0.5) is 0 Å². The molecule has 0 saturated carbocycles. The van der Waals surface area contributed by atoms with Gasteiger partial charge in [0, 0.05) is 6.54 Å². The Labute approximate surface area is 171 Å². The van der Waals surface area contributed by atoms with Gasteiger partial charge in [0.2, 0.25) is 5.89 Å². The van der Waals surface area contributed by atoms with E-state index in [1.54, 1.807) is 0 Å². The van der Waals surface area contributed by atoms with Crippen LogP contribution in [-0.2, 0) is 13.1 Å². The highest BCUT2D eigenvalue weighted by Gasteiger charge is 2.22. The van der Waals surface area contributed by atoms with Crippen molar-refractivity contribution in [3.8, 4) is 0 Å². The highest BCUT2D eigenvalue weighted by molar-refractivity contribution is 5.37. The smallest absolute Gasteiger partial charge is 0.240 e. The molecule has 0 N–H and O–H groups in total. The minimum Gasteiger partial charge on any atom is -0.338 e. The summed E-state index contributed by atoms with van der Waals surface area (Å²) >= 11 is 0. The van der Waals surface area contributed by atoms with Gasteiger partial charge in [-0.1, -0.05) is 103 Å². The third kappa shape index (κ3) is 4.79. The Bertz CT molecular complexity index is 960. The van der Waals surface area contributed by atoms with E-state index in [2.05, 4.69) is 65.5 Å². The summed E-state index contributed by atoms with van der Waals surface area (Å²) in [6, 6.07) is 31.1. The largest absolute Gasteiger partial charge is 0.338 e. The quantitative estimate of drug-likeness (QED) is 0.416. The maximum Gasteiger partial charge on any atom is 0.240 e. The molecule has 4 heteroatoms. The minimum absolute atomic E-state index is 0.0425. The fourth-order valence-corrected chi connectivity index (χ4v) is 3.54. The average Bonchev–Trinajstić information content (AvgIpc) is 3.23. The van der Waals surface area contributed by atoms with Gasteiger partial charge in [-0.25, -0.2) is 0 Å². The molecule has 0 amide bonds. The zero-order chi connectivity index (χ0) is 19.9. The predicted octanol–water partition coefficient (Wildman–Crippen LogP) is 5.27. The normalized spacial score (nSPS) is 11.3. The molecule has 146 valence electrons. The fraction of sp³-hybridized carbons (Fsp3) is 0.200. The molecule has 0 spiro atoms. The molecule has 0 aliphatic rings. The van der Waals surface area contributed by atoms with Crippen LogP contribution in [0.2, 0.25) is 0 Å². The average molecular weight is 383 g/mol. The molecular formula is C25H25N3O. The van der Waals surface area contributed by atoms with Gasteiger partial charge in [-0.05, 0) is 23.2 Å².